The largest absolute Gasteiger partial charge is 0.490 e. The Morgan fingerprint density at radius 3 is 2.34 bits per heavy atom. The van der Waals surface area contributed by atoms with Crippen LogP contribution in [-0.2, 0) is 9.59 Å². The summed E-state index contributed by atoms with van der Waals surface area (Å²) in [5.41, 5.74) is 2.83. The molecule has 0 unspecified atom stereocenters. The normalized spacial score (nSPS) is 10.7. The van der Waals surface area contributed by atoms with Crippen molar-refractivity contribution in [2.75, 3.05) is 23.8 Å². The maximum atomic E-state index is 12.5. The molecule has 0 aliphatic rings. The van der Waals surface area contributed by atoms with Crippen molar-refractivity contribution in [2.24, 2.45) is 0 Å². The third-order valence-electron chi connectivity index (χ3n) is 4.72. The third-order valence-corrected chi connectivity index (χ3v) is 5.31. The van der Waals surface area contributed by atoms with Crippen LogP contribution in [0.4, 0.5) is 11.4 Å². The summed E-state index contributed by atoms with van der Waals surface area (Å²) < 4.78 is 11.9. The van der Waals surface area contributed by atoms with Crippen molar-refractivity contribution >= 4 is 45.2 Å². The zero-order valence-electron chi connectivity index (χ0n) is 19.3. The molecule has 0 fully saturated rings. The van der Waals surface area contributed by atoms with Crippen molar-refractivity contribution in [1.82, 2.24) is 0 Å². The summed E-state index contributed by atoms with van der Waals surface area (Å²) in [6, 6.07) is 21.6. The molecule has 8 heteroatoms. The molecule has 0 bridgehead atoms. The van der Waals surface area contributed by atoms with E-state index < -0.39 is 5.91 Å². The van der Waals surface area contributed by atoms with Gasteiger partial charge < -0.3 is 20.1 Å². The number of hydrogen-bond donors (Lipinski definition) is 2. The Labute approximate surface area is 212 Å². The number of anilines is 2. The van der Waals surface area contributed by atoms with Crippen molar-refractivity contribution in [3.8, 4) is 17.6 Å². The summed E-state index contributed by atoms with van der Waals surface area (Å²) in [5, 5.41) is 15.0. The quantitative estimate of drug-likeness (QED) is 0.270. The van der Waals surface area contributed by atoms with Crippen LogP contribution in [0.15, 0.2) is 76.8 Å². The van der Waals surface area contributed by atoms with E-state index in [0.29, 0.717) is 39.5 Å². The van der Waals surface area contributed by atoms with Crippen LogP contribution in [0, 0.1) is 18.3 Å². The highest BCUT2D eigenvalue weighted by Gasteiger charge is 2.16. The second-order valence-corrected chi connectivity index (χ2v) is 8.31. The van der Waals surface area contributed by atoms with Crippen LogP contribution in [0.5, 0.6) is 11.5 Å². The number of nitrogens with one attached hydrogen (secondary N) is 2. The molecule has 0 aromatic heterocycles. The van der Waals surface area contributed by atoms with E-state index in [1.54, 1.807) is 36.4 Å². The Morgan fingerprint density at radius 1 is 1.00 bits per heavy atom. The van der Waals surface area contributed by atoms with E-state index in [2.05, 4.69) is 26.6 Å². The number of para-hydroxylation sites is 1. The van der Waals surface area contributed by atoms with Gasteiger partial charge in [-0.05, 0) is 77.8 Å². The summed E-state index contributed by atoms with van der Waals surface area (Å²) in [6.45, 7) is 3.91. The minimum Gasteiger partial charge on any atom is -0.490 e. The maximum absolute atomic E-state index is 12.5. The molecule has 0 spiro atoms. The van der Waals surface area contributed by atoms with Crippen LogP contribution in [0.25, 0.3) is 6.08 Å². The van der Waals surface area contributed by atoms with Crippen LogP contribution in [0.2, 0.25) is 0 Å². The fraction of sp³-hybridized carbons (Fsp3) is 0.148. The highest BCUT2D eigenvalue weighted by atomic mass is 79.9. The highest BCUT2D eigenvalue weighted by Crippen LogP contribution is 2.37. The molecule has 0 aliphatic heterocycles. The fourth-order valence-corrected chi connectivity index (χ4v) is 3.66. The molecule has 0 saturated heterocycles. The lowest BCUT2D eigenvalue weighted by Gasteiger charge is -2.15. The average molecular weight is 534 g/mol. The molecule has 178 valence electrons. The van der Waals surface area contributed by atoms with Gasteiger partial charge in [0.2, 0.25) is 0 Å². The van der Waals surface area contributed by atoms with Gasteiger partial charge in [0.25, 0.3) is 11.8 Å². The minimum atomic E-state index is -0.527. The number of nitrogens with zero attached hydrogens (tertiary/aromatic N) is 1. The van der Waals surface area contributed by atoms with E-state index in [9.17, 15) is 14.9 Å². The summed E-state index contributed by atoms with van der Waals surface area (Å²) in [5.74, 6) is -0.135. The fourth-order valence-electron chi connectivity index (χ4n) is 3.08. The monoisotopic (exact) mass is 533 g/mol. The Morgan fingerprint density at radius 2 is 1.69 bits per heavy atom. The second-order valence-electron chi connectivity index (χ2n) is 7.46. The van der Waals surface area contributed by atoms with E-state index in [1.165, 1.54) is 6.08 Å². The minimum absolute atomic E-state index is 0.0747. The van der Waals surface area contributed by atoms with Crippen molar-refractivity contribution in [1.29, 1.82) is 5.26 Å². The van der Waals surface area contributed by atoms with Gasteiger partial charge in [-0.15, -0.1) is 0 Å². The molecule has 3 aromatic carbocycles. The van der Waals surface area contributed by atoms with Crippen molar-refractivity contribution in [3.63, 3.8) is 0 Å². The molecule has 3 aromatic rings. The van der Waals surface area contributed by atoms with Crippen molar-refractivity contribution in [2.45, 2.75) is 13.8 Å². The molecular formula is C27H24BrN3O4. The van der Waals surface area contributed by atoms with Gasteiger partial charge in [-0.2, -0.15) is 5.26 Å². The first-order valence-corrected chi connectivity index (χ1v) is 11.6. The highest BCUT2D eigenvalue weighted by molar-refractivity contribution is 9.10. The first-order chi connectivity index (χ1) is 16.9. The number of aryl methyl sites for hydroxylation is 1. The molecule has 35 heavy (non-hydrogen) atoms. The molecule has 0 heterocycles. The van der Waals surface area contributed by atoms with Gasteiger partial charge >= 0.3 is 0 Å². The zero-order chi connectivity index (χ0) is 25.2. The lowest BCUT2D eigenvalue weighted by Crippen LogP contribution is -2.20. The van der Waals surface area contributed by atoms with Crippen LogP contribution < -0.4 is 20.1 Å². The molecule has 0 atom stereocenters. The van der Waals surface area contributed by atoms with E-state index >= 15 is 0 Å². The standard InChI is InChI=1S/C27H24BrN3O4/c1-3-34-24-15-19(13-20(16-29)27(33)31-21-7-5-4-6-8-21)14-23(28)26(24)35-17-25(32)30-22-11-9-18(2)10-12-22/h4-15H,3,17H2,1-2H3,(H,30,32)(H,31,33)/b20-13+. The number of amides is 2. The molecule has 3 rings (SSSR count). The van der Waals surface area contributed by atoms with Gasteiger partial charge in [0.1, 0.15) is 11.6 Å². The smallest absolute Gasteiger partial charge is 0.266 e. The number of carbonyl (C=O) groups is 2. The summed E-state index contributed by atoms with van der Waals surface area (Å²) in [7, 11) is 0. The Balaban J connectivity index is 1.76. The van der Waals surface area contributed by atoms with E-state index in [4.69, 9.17) is 9.47 Å². The molecular weight excluding hydrogens is 510 g/mol. The average Bonchev–Trinajstić information content (AvgIpc) is 2.84. The van der Waals surface area contributed by atoms with Crippen molar-refractivity contribution < 1.29 is 19.1 Å². The zero-order valence-corrected chi connectivity index (χ0v) is 20.9. The van der Waals surface area contributed by atoms with Crippen LogP contribution in [0.3, 0.4) is 0 Å². The van der Waals surface area contributed by atoms with Gasteiger partial charge in [0.05, 0.1) is 11.1 Å². The van der Waals surface area contributed by atoms with Crippen LogP contribution in [0.1, 0.15) is 18.1 Å². The number of rotatable bonds is 9. The first-order valence-electron chi connectivity index (χ1n) is 10.8. The van der Waals surface area contributed by atoms with Crippen LogP contribution >= 0.6 is 15.9 Å². The predicted octanol–water partition coefficient (Wildman–Crippen LogP) is 5.72. The number of nitriles is 1. The van der Waals surface area contributed by atoms with E-state index in [-0.39, 0.29) is 18.1 Å². The molecule has 0 aliphatic carbocycles. The number of ether oxygens (including phenoxy) is 2. The summed E-state index contributed by atoms with van der Waals surface area (Å²) >= 11 is 3.45. The molecule has 0 saturated carbocycles. The molecule has 2 N–H and O–H groups in total. The van der Waals surface area contributed by atoms with E-state index in [1.807, 2.05) is 50.2 Å². The topological polar surface area (TPSA) is 100 Å². The maximum Gasteiger partial charge on any atom is 0.266 e. The number of halogens is 1. The van der Waals surface area contributed by atoms with Gasteiger partial charge in [-0.3, -0.25) is 9.59 Å². The van der Waals surface area contributed by atoms with Gasteiger partial charge in [0, 0.05) is 11.4 Å². The third kappa shape index (κ3) is 7.45. The van der Waals surface area contributed by atoms with E-state index in [0.717, 1.165) is 5.56 Å². The number of benzene rings is 3. The lowest BCUT2D eigenvalue weighted by atomic mass is 10.1. The predicted molar refractivity (Wildman–Crippen MR) is 139 cm³/mol. The SMILES string of the molecule is CCOc1cc(/C=C(\C#N)C(=O)Nc2ccccc2)cc(Br)c1OCC(=O)Nc1ccc(C)cc1. The molecule has 0 radical (unpaired) electrons. The second kappa shape index (κ2) is 12.4. The van der Waals surface area contributed by atoms with Gasteiger partial charge in [-0.25, -0.2) is 0 Å². The lowest BCUT2D eigenvalue weighted by molar-refractivity contribution is -0.118. The Bertz CT molecular complexity index is 1270. The Kier molecular flexibility index (Phi) is 9.04. The number of carbonyl (C=O) groups excluding carboxylic acids is 2. The molecule has 2 amide bonds. The number of hydrogen-bond acceptors (Lipinski definition) is 5. The summed E-state index contributed by atoms with van der Waals surface area (Å²) in [6.07, 6.45) is 1.46. The van der Waals surface area contributed by atoms with Crippen molar-refractivity contribution in [3.05, 3.63) is 87.9 Å². The summed E-state index contributed by atoms with van der Waals surface area (Å²) in [4.78, 5) is 24.9. The Hall–Kier alpha value is -4.09. The molecule has 7 nitrogen and oxygen atoms in total. The van der Waals surface area contributed by atoms with Gasteiger partial charge in [-0.1, -0.05) is 35.9 Å². The first kappa shape index (κ1) is 25.5. The van der Waals surface area contributed by atoms with Gasteiger partial charge in [0.15, 0.2) is 18.1 Å². The van der Waals surface area contributed by atoms with Crippen LogP contribution in [-0.4, -0.2) is 25.0 Å².